The van der Waals surface area contributed by atoms with Crippen molar-refractivity contribution in [3.05, 3.63) is 27.7 Å². The first-order valence-electron chi connectivity index (χ1n) is 5.38. The fraction of sp³-hybridized carbons (Fsp3) is 0.333. The highest BCUT2D eigenvalue weighted by Crippen LogP contribution is 2.24. The molecular weight excluding hydrogens is 300 g/mol. The fourth-order valence-electron chi connectivity index (χ4n) is 1.52. The van der Waals surface area contributed by atoms with Gasteiger partial charge in [0.15, 0.2) is 0 Å². The smallest absolute Gasteiger partial charge is 0.325 e. The Kier molecular flexibility index (Phi) is 4.72. The predicted molar refractivity (Wildman–Crippen MR) is 72.9 cm³/mol. The highest BCUT2D eigenvalue weighted by atomic mass is 79.9. The summed E-state index contributed by atoms with van der Waals surface area (Å²) in [5.74, 6) is -1.07. The zero-order valence-electron chi connectivity index (χ0n) is 10.4. The van der Waals surface area contributed by atoms with E-state index in [1.165, 1.54) is 6.92 Å². The third-order valence-electron chi connectivity index (χ3n) is 2.45. The van der Waals surface area contributed by atoms with Crippen molar-refractivity contribution in [2.24, 2.45) is 0 Å². The number of carbonyl (C=O) groups excluding carboxylic acids is 1. The van der Waals surface area contributed by atoms with Crippen LogP contribution in [0.1, 0.15) is 18.1 Å². The van der Waals surface area contributed by atoms with Crippen LogP contribution in [0.5, 0.6) is 0 Å². The Bertz CT molecular complexity index is 465. The van der Waals surface area contributed by atoms with E-state index in [4.69, 9.17) is 5.11 Å². The van der Waals surface area contributed by atoms with Gasteiger partial charge in [-0.15, -0.1) is 0 Å². The van der Waals surface area contributed by atoms with E-state index in [1.54, 1.807) is 0 Å². The van der Waals surface area contributed by atoms with Gasteiger partial charge in [-0.1, -0.05) is 15.9 Å². The average molecular weight is 315 g/mol. The Hall–Kier alpha value is -1.56. The molecular formula is C12H15BrN2O3. The number of anilines is 1. The summed E-state index contributed by atoms with van der Waals surface area (Å²) >= 11 is 3.37. The second kappa shape index (κ2) is 5.86. The van der Waals surface area contributed by atoms with Crippen LogP contribution in [0.4, 0.5) is 10.5 Å². The van der Waals surface area contributed by atoms with Gasteiger partial charge in [-0.05, 0) is 44.0 Å². The highest BCUT2D eigenvalue weighted by Gasteiger charge is 2.15. The molecule has 1 aromatic carbocycles. The van der Waals surface area contributed by atoms with E-state index in [2.05, 4.69) is 26.6 Å². The Morgan fingerprint density at radius 1 is 1.28 bits per heavy atom. The minimum absolute atomic E-state index is 0.529. The zero-order chi connectivity index (χ0) is 13.9. The summed E-state index contributed by atoms with van der Waals surface area (Å²) in [6.07, 6.45) is 0. The lowest BCUT2D eigenvalue weighted by atomic mass is 10.1. The molecule has 0 heterocycles. The topological polar surface area (TPSA) is 78.4 Å². The fourth-order valence-corrected chi connectivity index (χ4v) is 2.20. The third kappa shape index (κ3) is 3.73. The standard InChI is InChI=1S/C12H15BrN2O3/c1-6-4-9(13)5-7(2)10(6)15-12(18)14-8(3)11(16)17/h4-5,8H,1-3H3,(H,16,17)(H2,14,15,18). The van der Waals surface area contributed by atoms with Gasteiger partial charge in [0.1, 0.15) is 6.04 Å². The molecule has 1 rings (SSSR count). The summed E-state index contributed by atoms with van der Waals surface area (Å²) in [5.41, 5.74) is 2.49. The molecule has 3 N–H and O–H groups in total. The lowest BCUT2D eigenvalue weighted by Gasteiger charge is -2.14. The van der Waals surface area contributed by atoms with Crippen molar-refractivity contribution < 1.29 is 14.7 Å². The van der Waals surface area contributed by atoms with Crippen molar-refractivity contribution in [2.75, 3.05) is 5.32 Å². The summed E-state index contributed by atoms with van der Waals surface area (Å²) in [6, 6.07) is 2.30. The molecule has 2 amide bonds. The second-order valence-corrected chi connectivity index (χ2v) is 4.99. The molecule has 98 valence electrons. The number of halogens is 1. The minimum atomic E-state index is -1.07. The largest absolute Gasteiger partial charge is 0.480 e. The van der Waals surface area contributed by atoms with Crippen LogP contribution in [-0.2, 0) is 4.79 Å². The van der Waals surface area contributed by atoms with E-state index in [0.29, 0.717) is 5.69 Å². The molecule has 1 unspecified atom stereocenters. The first-order chi connectivity index (χ1) is 8.31. The number of hydrogen-bond acceptors (Lipinski definition) is 2. The number of aryl methyl sites for hydroxylation is 2. The number of aliphatic carboxylic acids is 1. The maximum Gasteiger partial charge on any atom is 0.325 e. The number of nitrogens with one attached hydrogen (secondary N) is 2. The van der Waals surface area contributed by atoms with Crippen molar-refractivity contribution in [3.8, 4) is 0 Å². The molecule has 0 aliphatic carbocycles. The van der Waals surface area contributed by atoms with E-state index in [1.807, 2.05) is 26.0 Å². The molecule has 6 heteroatoms. The number of amides is 2. The lowest BCUT2D eigenvalue weighted by Crippen LogP contribution is -2.41. The Morgan fingerprint density at radius 3 is 2.22 bits per heavy atom. The number of carboxylic acids is 1. The Labute approximate surface area is 114 Å². The molecule has 0 bridgehead atoms. The molecule has 0 aromatic heterocycles. The predicted octanol–water partition coefficient (Wildman–Crippen LogP) is 2.66. The summed E-state index contributed by atoms with van der Waals surface area (Å²) in [5, 5.41) is 13.7. The van der Waals surface area contributed by atoms with E-state index in [9.17, 15) is 9.59 Å². The molecule has 0 spiro atoms. The molecule has 0 aliphatic heterocycles. The van der Waals surface area contributed by atoms with Crippen LogP contribution in [0, 0.1) is 13.8 Å². The van der Waals surface area contributed by atoms with Crippen molar-refractivity contribution in [3.63, 3.8) is 0 Å². The van der Waals surface area contributed by atoms with Crippen molar-refractivity contribution in [2.45, 2.75) is 26.8 Å². The molecule has 1 atom stereocenters. The van der Waals surface area contributed by atoms with Crippen molar-refractivity contribution in [1.82, 2.24) is 5.32 Å². The van der Waals surface area contributed by atoms with Crippen LogP contribution in [0.3, 0.4) is 0 Å². The quantitative estimate of drug-likeness (QED) is 0.802. The van der Waals surface area contributed by atoms with Gasteiger partial charge in [0.2, 0.25) is 0 Å². The van der Waals surface area contributed by atoms with Gasteiger partial charge in [0, 0.05) is 10.2 Å². The summed E-state index contributed by atoms with van der Waals surface area (Å²) < 4.78 is 0.933. The molecule has 0 fully saturated rings. The van der Waals surface area contributed by atoms with E-state index >= 15 is 0 Å². The van der Waals surface area contributed by atoms with Gasteiger partial charge in [-0.2, -0.15) is 0 Å². The van der Waals surface area contributed by atoms with E-state index < -0.39 is 18.0 Å². The van der Waals surface area contributed by atoms with Crippen LogP contribution >= 0.6 is 15.9 Å². The van der Waals surface area contributed by atoms with Gasteiger partial charge < -0.3 is 15.7 Å². The van der Waals surface area contributed by atoms with Gasteiger partial charge >= 0.3 is 12.0 Å². The second-order valence-electron chi connectivity index (χ2n) is 4.07. The average Bonchev–Trinajstić information content (AvgIpc) is 2.23. The van der Waals surface area contributed by atoms with Crippen LogP contribution in [-0.4, -0.2) is 23.1 Å². The molecule has 0 radical (unpaired) electrons. The van der Waals surface area contributed by atoms with Crippen LogP contribution in [0.25, 0.3) is 0 Å². The molecule has 1 aromatic rings. The van der Waals surface area contributed by atoms with Gasteiger partial charge in [0.25, 0.3) is 0 Å². The van der Waals surface area contributed by atoms with E-state index in [-0.39, 0.29) is 0 Å². The van der Waals surface area contributed by atoms with Gasteiger partial charge in [-0.25, -0.2) is 4.79 Å². The normalized spacial score (nSPS) is 11.8. The Morgan fingerprint density at radius 2 is 1.78 bits per heavy atom. The molecule has 0 saturated carbocycles. The minimum Gasteiger partial charge on any atom is -0.480 e. The maximum absolute atomic E-state index is 11.6. The van der Waals surface area contributed by atoms with Gasteiger partial charge in [0.05, 0.1) is 0 Å². The number of carbonyl (C=O) groups is 2. The summed E-state index contributed by atoms with van der Waals surface area (Å²) in [7, 11) is 0. The van der Waals surface area contributed by atoms with Crippen LogP contribution < -0.4 is 10.6 Å². The number of hydrogen-bond donors (Lipinski definition) is 3. The first kappa shape index (κ1) is 14.5. The number of urea groups is 1. The summed E-state index contributed by atoms with van der Waals surface area (Å²) in [6.45, 7) is 5.14. The third-order valence-corrected chi connectivity index (χ3v) is 2.91. The zero-order valence-corrected chi connectivity index (χ0v) is 12.0. The summed E-state index contributed by atoms with van der Waals surface area (Å²) in [4.78, 5) is 22.2. The molecule has 0 saturated heterocycles. The Balaban J connectivity index is 2.80. The van der Waals surface area contributed by atoms with Crippen molar-refractivity contribution in [1.29, 1.82) is 0 Å². The lowest BCUT2D eigenvalue weighted by molar-refractivity contribution is -0.138. The molecule has 0 aliphatic rings. The first-order valence-corrected chi connectivity index (χ1v) is 6.17. The van der Waals surface area contributed by atoms with E-state index in [0.717, 1.165) is 15.6 Å². The number of carboxylic acid groups (broad SMARTS) is 1. The SMILES string of the molecule is Cc1cc(Br)cc(C)c1NC(=O)NC(C)C(=O)O. The van der Waals surface area contributed by atoms with Gasteiger partial charge in [-0.3, -0.25) is 4.79 Å². The van der Waals surface area contributed by atoms with Crippen LogP contribution in [0.15, 0.2) is 16.6 Å². The van der Waals surface area contributed by atoms with Crippen molar-refractivity contribution >= 4 is 33.6 Å². The number of benzene rings is 1. The monoisotopic (exact) mass is 314 g/mol. The molecule has 5 nitrogen and oxygen atoms in total. The number of rotatable bonds is 3. The van der Waals surface area contributed by atoms with Crippen LogP contribution in [0.2, 0.25) is 0 Å². The highest BCUT2D eigenvalue weighted by molar-refractivity contribution is 9.10. The molecule has 18 heavy (non-hydrogen) atoms. The maximum atomic E-state index is 11.6.